The first-order valence-corrected chi connectivity index (χ1v) is 10.4. The molecule has 10 heteroatoms. The van der Waals surface area contributed by atoms with Crippen LogP contribution in [0.2, 0.25) is 0 Å². The Bertz CT molecular complexity index is 1430. The number of hydrogen-bond donors (Lipinski definition) is 1. The summed E-state index contributed by atoms with van der Waals surface area (Å²) in [6, 6.07) is 9.70. The number of halogens is 1. The number of amides is 1. The Hall–Kier alpha value is -4.18. The summed E-state index contributed by atoms with van der Waals surface area (Å²) in [7, 11) is 0. The van der Waals surface area contributed by atoms with Crippen molar-refractivity contribution in [2.24, 2.45) is 0 Å². The third-order valence-electron chi connectivity index (χ3n) is 4.66. The maximum atomic E-state index is 14.7. The van der Waals surface area contributed by atoms with Gasteiger partial charge < -0.3 is 10.1 Å². The van der Waals surface area contributed by atoms with Crippen LogP contribution in [-0.2, 0) is 0 Å². The van der Waals surface area contributed by atoms with Gasteiger partial charge in [-0.05, 0) is 42.8 Å². The van der Waals surface area contributed by atoms with Gasteiger partial charge in [-0.2, -0.15) is 10.1 Å². The van der Waals surface area contributed by atoms with Gasteiger partial charge in [0.1, 0.15) is 22.5 Å². The first-order chi connectivity index (χ1) is 15.6. The maximum Gasteiger partial charge on any atom is 0.275 e. The lowest BCUT2D eigenvalue weighted by Gasteiger charge is -2.09. The average Bonchev–Trinajstić information content (AvgIpc) is 3.44. The lowest BCUT2D eigenvalue weighted by atomic mass is 10.2. The molecule has 1 aromatic carbocycles. The third-order valence-corrected chi connectivity index (χ3v) is 5.56. The van der Waals surface area contributed by atoms with Crippen LogP contribution in [0.25, 0.3) is 16.1 Å². The largest absolute Gasteiger partial charge is 0.434 e. The molecule has 0 aliphatic heterocycles. The molecule has 0 atom stereocenters. The highest BCUT2D eigenvalue weighted by molar-refractivity contribution is 7.13. The molecule has 4 aromatic heterocycles. The highest BCUT2D eigenvalue weighted by Crippen LogP contribution is 2.30. The minimum absolute atomic E-state index is 0.0169. The van der Waals surface area contributed by atoms with Gasteiger partial charge in [0, 0.05) is 41.3 Å². The zero-order valence-corrected chi connectivity index (χ0v) is 17.5. The van der Waals surface area contributed by atoms with Crippen molar-refractivity contribution in [3.05, 3.63) is 83.8 Å². The predicted molar refractivity (Wildman–Crippen MR) is 117 cm³/mol. The summed E-state index contributed by atoms with van der Waals surface area (Å²) < 4.78 is 22.0. The van der Waals surface area contributed by atoms with Crippen molar-refractivity contribution in [1.29, 1.82) is 0 Å². The molecule has 0 aliphatic carbocycles. The van der Waals surface area contributed by atoms with Gasteiger partial charge in [0.15, 0.2) is 11.6 Å². The van der Waals surface area contributed by atoms with Crippen molar-refractivity contribution in [2.75, 3.05) is 5.32 Å². The van der Waals surface area contributed by atoms with Gasteiger partial charge in [-0.25, -0.2) is 13.9 Å². The number of aryl methyl sites for hydroxylation is 1. The molecule has 5 aromatic rings. The SMILES string of the molecule is Cc1ccn2ncnc(Oc3ccc(NC(=O)c4csc(-c5cccnc5)n4)cc3F)c12. The van der Waals surface area contributed by atoms with E-state index in [4.69, 9.17) is 4.74 Å². The van der Waals surface area contributed by atoms with Crippen LogP contribution in [0, 0.1) is 12.7 Å². The fourth-order valence-corrected chi connectivity index (χ4v) is 3.90. The van der Waals surface area contributed by atoms with Crippen LogP contribution in [0.15, 0.2) is 66.7 Å². The van der Waals surface area contributed by atoms with E-state index in [-0.39, 0.29) is 23.0 Å². The molecule has 0 saturated carbocycles. The zero-order valence-electron chi connectivity index (χ0n) is 16.7. The highest BCUT2D eigenvalue weighted by atomic mass is 32.1. The Morgan fingerprint density at radius 3 is 2.97 bits per heavy atom. The Morgan fingerprint density at radius 1 is 1.25 bits per heavy atom. The minimum Gasteiger partial charge on any atom is -0.434 e. The van der Waals surface area contributed by atoms with Crippen LogP contribution < -0.4 is 10.1 Å². The van der Waals surface area contributed by atoms with Gasteiger partial charge in [0.25, 0.3) is 5.91 Å². The van der Waals surface area contributed by atoms with E-state index in [0.29, 0.717) is 10.5 Å². The maximum absolute atomic E-state index is 14.7. The lowest BCUT2D eigenvalue weighted by Crippen LogP contribution is -2.12. The van der Waals surface area contributed by atoms with Crippen LogP contribution >= 0.6 is 11.3 Å². The minimum atomic E-state index is -0.641. The first-order valence-electron chi connectivity index (χ1n) is 9.52. The van der Waals surface area contributed by atoms with E-state index < -0.39 is 11.7 Å². The Morgan fingerprint density at radius 2 is 2.16 bits per heavy atom. The molecule has 0 spiro atoms. The summed E-state index contributed by atoms with van der Waals surface area (Å²) in [4.78, 5) is 25.0. The molecule has 32 heavy (non-hydrogen) atoms. The molecule has 1 amide bonds. The van der Waals surface area contributed by atoms with Crippen LogP contribution in [0.3, 0.4) is 0 Å². The van der Waals surface area contributed by atoms with E-state index in [0.717, 1.165) is 11.1 Å². The number of benzene rings is 1. The molecular weight excluding hydrogens is 431 g/mol. The fourth-order valence-electron chi connectivity index (χ4n) is 3.11. The smallest absolute Gasteiger partial charge is 0.275 e. The van der Waals surface area contributed by atoms with Crippen LogP contribution in [0.1, 0.15) is 16.1 Å². The Kier molecular flexibility index (Phi) is 5.04. The van der Waals surface area contributed by atoms with Crippen molar-refractivity contribution in [1.82, 2.24) is 24.6 Å². The van der Waals surface area contributed by atoms with Crippen molar-refractivity contribution in [3.63, 3.8) is 0 Å². The number of nitrogens with one attached hydrogen (secondary N) is 1. The second-order valence-electron chi connectivity index (χ2n) is 6.84. The Labute approximate surface area is 185 Å². The number of thiazole rings is 1. The summed E-state index contributed by atoms with van der Waals surface area (Å²) in [5.41, 5.74) is 2.89. The highest BCUT2D eigenvalue weighted by Gasteiger charge is 2.15. The summed E-state index contributed by atoms with van der Waals surface area (Å²) >= 11 is 1.33. The summed E-state index contributed by atoms with van der Waals surface area (Å²) in [6.07, 6.45) is 6.45. The summed E-state index contributed by atoms with van der Waals surface area (Å²) in [5, 5.41) is 9.07. The van der Waals surface area contributed by atoms with Crippen molar-refractivity contribution < 1.29 is 13.9 Å². The van der Waals surface area contributed by atoms with E-state index >= 15 is 0 Å². The molecule has 0 radical (unpaired) electrons. The summed E-state index contributed by atoms with van der Waals surface area (Å²) in [6.45, 7) is 1.89. The molecule has 1 N–H and O–H groups in total. The molecule has 4 heterocycles. The fraction of sp³-hybridized carbons (Fsp3) is 0.0455. The van der Waals surface area contributed by atoms with Crippen LogP contribution in [0.5, 0.6) is 11.6 Å². The molecule has 0 unspecified atom stereocenters. The molecule has 158 valence electrons. The van der Waals surface area contributed by atoms with E-state index in [9.17, 15) is 9.18 Å². The molecule has 0 fully saturated rings. The van der Waals surface area contributed by atoms with E-state index in [2.05, 4.69) is 25.4 Å². The molecule has 0 saturated heterocycles. The molecular formula is C22H15FN6O2S. The van der Waals surface area contributed by atoms with Gasteiger partial charge in [-0.3, -0.25) is 9.78 Å². The quantitative estimate of drug-likeness (QED) is 0.419. The van der Waals surface area contributed by atoms with Crippen LogP contribution in [0.4, 0.5) is 10.1 Å². The molecule has 0 bridgehead atoms. The second-order valence-corrected chi connectivity index (χ2v) is 7.70. The number of anilines is 1. The predicted octanol–water partition coefficient (Wildman–Crippen LogP) is 4.74. The van der Waals surface area contributed by atoms with E-state index in [1.807, 2.05) is 19.1 Å². The van der Waals surface area contributed by atoms with Crippen molar-refractivity contribution >= 4 is 28.4 Å². The topological polar surface area (TPSA) is 94.3 Å². The molecule has 0 aliphatic rings. The monoisotopic (exact) mass is 446 g/mol. The standard InChI is InChI=1S/C22H15FN6O2S/c1-13-6-8-29-19(13)21(25-12-26-29)31-18-5-4-15(9-16(18)23)27-20(30)17-11-32-22(28-17)14-3-2-7-24-10-14/h2-12H,1H3,(H,27,30). The number of rotatable bonds is 5. The number of ether oxygens (including phenoxy) is 1. The third kappa shape index (κ3) is 3.79. The van der Waals surface area contributed by atoms with E-state index in [1.54, 1.807) is 40.6 Å². The zero-order chi connectivity index (χ0) is 22.1. The number of aromatic nitrogens is 5. The average molecular weight is 446 g/mol. The van der Waals surface area contributed by atoms with Gasteiger partial charge in [0.05, 0.1) is 0 Å². The van der Waals surface area contributed by atoms with Gasteiger partial charge in [-0.15, -0.1) is 11.3 Å². The normalized spacial score (nSPS) is 10.9. The number of nitrogens with zero attached hydrogens (tertiary/aromatic N) is 5. The number of carbonyl (C=O) groups excluding carboxylic acids is 1. The number of pyridine rings is 1. The van der Waals surface area contributed by atoms with Crippen molar-refractivity contribution in [2.45, 2.75) is 6.92 Å². The van der Waals surface area contributed by atoms with Crippen molar-refractivity contribution in [3.8, 4) is 22.2 Å². The van der Waals surface area contributed by atoms with Gasteiger partial charge in [-0.1, -0.05) is 0 Å². The molecule has 5 rings (SSSR count). The van der Waals surface area contributed by atoms with E-state index in [1.165, 1.54) is 29.8 Å². The number of fused-ring (bicyclic) bond motifs is 1. The number of carbonyl (C=O) groups is 1. The Balaban J connectivity index is 1.33. The lowest BCUT2D eigenvalue weighted by molar-refractivity contribution is 0.102. The number of hydrogen-bond acceptors (Lipinski definition) is 7. The first kappa shape index (κ1) is 19.8. The summed E-state index contributed by atoms with van der Waals surface area (Å²) in [5.74, 6) is -0.857. The van der Waals surface area contributed by atoms with Gasteiger partial charge >= 0.3 is 0 Å². The van der Waals surface area contributed by atoms with Gasteiger partial charge in [0.2, 0.25) is 5.88 Å². The second kappa shape index (κ2) is 8.16. The van der Waals surface area contributed by atoms with Crippen LogP contribution in [-0.4, -0.2) is 30.5 Å². The molecule has 8 nitrogen and oxygen atoms in total.